The topological polar surface area (TPSA) is 49.6 Å². The summed E-state index contributed by atoms with van der Waals surface area (Å²) in [6, 6.07) is 5.74. The highest BCUT2D eigenvalue weighted by Crippen LogP contribution is 2.38. The highest BCUT2D eigenvalue weighted by Gasteiger charge is 2.35. The van der Waals surface area contributed by atoms with Crippen molar-refractivity contribution in [2.75, 3.05) is 26.2 Å². The summed E-state index contributed by atoms with van der Waals surface area (Å²) in [5.74, 6) is 1.44. The molecule has 1 atom stereocenters. The van der Waals surface area contributed by atoms with Crippen LogP contribution in [0.1, 0.15) is 54.6 Å². The van der Waals surface area contributed by atoms with Crippen LogP contribution in [0, 0.1) is 11.3 Å². The maximum Gasteiger partial charge on any atom is 0.276 e. The Morgan fingerprint density at radius 2 is 1.90 bits per heavy atom. The molecule has 5 nitrogen and oxygen atoms in total. The number of piperazine rings is 1. The van der Waals surface area contributed by atoms with E-state index in [-0.39, 0.29) is 11.3 Å². The molecule has 1 saturated heterocycles. The number of aromatic nitrogens is 1. The number of carbonyl (C=O) groups excluding carboxylic acids is 1. The minimum atomic E-state index is 0.00347. The van der Waals surface area contributed by atoms with Gasteiger partial charge in [0.05, 0.1) is 10.0 Å². The van der Waals surface area contributed by atoms with Crippen LogP contribution in [0.2, 0.25) is 10.0 Å². The molecule has 1 amide bonds. The first-order chi connectivity index (χ1) is 14.2. The maximum absolute atomic E-state index is 13.2. The summed E-state index contributed by atoms with van der Waals surface area (Å²) < 4.78 is 5.55. The van der Waals surface area contributed by atoms with Crippen molar-refractivity contribution in [3.63, 3.8) is 0 Å². The van der Waals surface area contributed by atoms with E-state index in [4.69, 9.17) is 27.7 Å². The Labute approximate surface area is 188 Å². The van der Waals surface area contributed by atoms with Crippen LogP contribution in [0.4, 0.5) is 0 Å². The van der Waals surface area contributed by atoms with Gasteiger partial charge in [0, 0.05) is 44.7 Å². The van der Waals surface area contributed by atoms with Crippen molar-refractivity contribution < 1.29 is 9.32 Å². The number of benzene rings is 1. The third-order valence-corrected chi connectivity index (χ3v) is 7.26. The standard InChI is InChI=1S/C23H29Cl2N3O2/c1-23(2,3)16-5-7-20-17(13-16)21(26-30-20)22(29)28-10-8-27(9-11-28)14-15-4-6-18(24)19(25)12-15/h4,6,12,16H,5,7-11,13-14H2,1-3H3. The third-order valence-electron chi connectivity index (χ3n) is 6.52. The monoisotopic (exact) mass is 449 g/mol. The molecule has 4 rings (SSSR count). The molecule has 7 heteroatoms. The summed E-state index contributed by atoms with van der Waals surface area (Å²) in [6.07, 6.45) is 2.84. The second kappa shape index (κ2) is 8.52. The van der Waals surface area contributed by atoms with E-state index < -0.39 is 0 Å². The lowest BCUT2D eigenvalue weighted by Gasteiger charge is -2.35. The lowest BCUT2D eigenvalue weighted by atomic mass is 9.71. The van der Waals surface area contributed by atoms with Gasteiger partial charge in [0.2, 0.25) is 0 Å². The van der Waals surface area contributed by atoms with E-state index in [0.29, 0.717) is 34.7 Å². The van der Waals surface area contributed by atoms with Gasteiger partial charge in [-0.3, -0.25) is 9.69 Å². The van der Waals surface area contributed by atoms with Crippen LogP contribution in [-0.4, -0.2) is 47.0 Å². The summed E-state index contributed by atoms with van der Waals surface area (Å²) >= 11 is 12.1. The van der Waals surface area contributed by atoms with Crippen molar-refractivity contribution in [1.29, 1.82) is 0 Å². The predicted octanol–water partition coefficient (Wildman–Crippen LogP) is 5.09. The Hall–Kier alpha value is -1.56. The number of carbonyl (C=O) groups is 1. The molecule has 30 heavy (non-hydrogen) atoms. The molecule has 1 unspecified atom stereocenters. The van der Waals surface area contributed by atoms with E-state index in [0.717, 1.165) is 55.8 Å². The Morgan fingerprint density at radius 3 is 2.57 bits per heavy atom. The van der Waals surface area contributed by atoms with Crippen LogP contribution in [-0.2, 0) is 19.4 Å². The molecule has 1 aliphatic carbocycles. The first-order valence-electron chi connectivity index (χ1n) is 10.7. The SMILES string of the molecule is CC(C)(C)C1CCc2onc(C(=O)N3CCN(Cc4ccc(Cl)c(Cl)c4)CC3)c2C1. The number of rotatable bonds is 3. The molecule has 2 aliphatic rings. The lowest BCUT2D eigenvalue weighted by molar-refractivity contribution is 0.0617. The number of amides is 1. The summed E-state index contributed by atoms with van der Waals surface area (Å²) in [6.45, 7) is 10.6. The zero-order chi connectivity index (χ0) is 21.5. The summed E-state index contributed by atoms with van der Waals surface area (Å²) in [5.41, 5.74) is 2.90. The lowest BCUT2D eigenvalue weighted by Crippen LogP contribution is -2.48. The Balaban J connectivity index is 1.38. The maximum atomic E-state index is 13.2. The smallest absolute Gasteiger partial charge is 0.276 e. The Morgan fingerprint density at radius 1 is 1.17 bits per heavy atom. The van der Waals surface area contributed by atoms with Gasteiger partial charge in [0.15, 0.2) is 5.69 Å². The fraction of sp³-hybridized carbons (Fsp3) is 0.565. The normalized spacial score (nSPS) is 20.3. The molecule has 0 N–H and O–H groups in total. The number of aryl methyl sites for hydroxylation is 1. The molecule has 2 aromatic rings. The molecule has 1 aromatic carbocycles. The van der Waals surface area contributed by atoms with Crippen molar-refractivity contribution in [3.8, 4) is 0 Å². The van der Waals surface area contributed by atoms with Crippen LogP contribution in [0.3, 0.4) is 0 Å². The van der Waals surface area contributed by atoms with E-state index in [2.05, 4.69) is 30.8 Å². The zero-order valence-corrected chi connectivity index (χ0v) is 19.4. The van der Waals surface area contributed by atoms with E-state index in [1.165, 1.54) is 0 Å². The second-order valence-electron chi connectivity index (χ2n) is 9.56. The van der Waals surface area contributed by atoms with Gasteiger partial charge in [0.25, 0.3) is 5.91 Å². The van der Waals surface area contributed by atoms with Gasteiger partial charge in [-0.2, -0.15) is 0 Å². The molecule has 0 saturated carbocycles. The predicted molar refractivity (Wildman–Crippen MR) is 119 cm³/mol. The summed E-state index contributed by atoms with van der Waals surface area (Å²) in [7, 11) is 0. The minimum absolute atomic E-state index is 0.00347. The van der Waals surface area contributed by atoms with Crippen molar-refractivity contribution in [3.05, 3.63) is 50.8 Å². The van der Waals surface area contributed by atoms with Crippen molar-refractivity contribution >= 4 is 29.1 Å². The largest absolute Gasteiger partial charge is 0.360 e. The van der Waals surface area contributed by atoms with E-state index in [1.54, 1.807) is 0 Å². The zero-order valence-electron chi connectivity index (χ0n) is 17.9. The summed E-state index contributed by atoms with van der Waals surface area (Å²) in [5, 5.41) is 5.33. The summed E-state index contributed by atoms with van der Waals surface area (Å²) in [4.78, 5) is 17.4. The first-order valence-corrected chi connectivity index (χ1v) is 11.4. The Kier molecular flexibility index (Phi) is 6.16. The van der Waals surface area contributed by atoms with E-state index >= 15 is 0 Å². The highest BCUT2D eigenvalue weighted by molar-refractivity contribution is 6.42. The van der Waals surface area contributed by atoms with Crippen LogP contribution >= 0.6 is 23.2 Å². The molecule has 1 aromatic heterocycles. The Bertz CT molecular complexity index is 927. The van der Waals surface area contributed by atoms with Gasteiger partial charge in [-0.1, -0.05) is 55.2 Å². The molecule has 162 valence electrons. The fourth-order valence-electron chi connectivity index (χ4n) is 4.47. The molecule has 0 spiro atoms. The molecular formula is C23H29Cl2N3O2. The van der Waals surface area contributed by atoms with Crippen LogP contribution < -0.4 is 0 Å². The van der Waals surface area contributed by atoms with E-state index in [9.17, 15) is 4.79 Å². The third kappa shape index (κ3) is 4.53. The van der Waals surface area contributed by atoms with Crippen LogP contribution in [0.15, 0.2) is 22.7 Å². The van der Waals surface area contributed by atoms with Gasteiger partial charge in [-0.15, -0.1) is 0 Å². The molecule has 0 bridgehead atoms. The van der Waals surface area contributed by atoms with Gasteiger partial charge in [-0.25, -0.2) is 0 Å². The molecular weight excluding hydrogens is 421 g/mol. The van der Waals surface area contributed by atoms with E-state index in [1.807, 2.05) is 23.1 Å². The van der Waals surface area contributed by atoms with Gasteiger partial charge < -0.3 is 9.42 Å². The van der Waals surface area contributed by atoms with Crippen LogP contribution in [0.25, 0.3) is 0 Å². The average Bonchev–Trinajstić information content (AvgIpc) is 3.13. The molecule has 1 aliphatic heterocycles. The fourth-order valence-corrected chi connectivity index (χ4v) is 4.79. The highest BCUT2D eigenvalue weighted by atomic mass is 35.5. The molecule has 0 radical (unpaired) electrons. The first kappa shape index (κ1) is 21.7. The average molecular weight is 450 g/mol. The molecule has 1 fully saturated rings. The number of hydrogen-bond donors (Lipinski definition) is 0. The number of fused-ring (bicyclic) bond motifs is 1. The molecule has 2 heterocycles. The van der Waals surface area contributed by atoms with Crippen molar-refractivity contribution in [2.24, 2.45) is 11.3 Å². The van der Waals surface area contributed by atoms with Crippen LogP contribution in [0.5, 0.6) is 0 Å². The van der Waals surface area contributed by atoms with Crippen molar-refractivity contribution in [2.45, 2.75) is 46.6 Å². The van der Waals surface area contributed by atoms with Gasteiger partial charge in [-0.05, 0) is 41.9 Å². The quantitative estimate of drug-likeness (QED) is 0.654. The van der Waals surface area contributed by atoms with Gasteiger partial charge >= 0.3 is 0 Å². The van der Waals surface area contributed by atoms with Crippen molar-refractivity contribution in [1.82, 2.24) is 15.0 Å². The minimum Gasteiger partial charge on any atom is -0.360 e. The number of nitrogens with zero attached hydrogens (tertiary/aromatic N) is 3. The number of halogens is 2. The number of hydrogen-bond acceptors (Lipinski definition) is 4. The van der Waals surface area contributed by atoms with Gasteiger partial charge in [0.1, 0.15) is 5.76 Å². The second-order valence-corrected chi connectivity index (χ2v) is 10.4.